The van der Waals surface area contributed by atoms with E-state index in [4.69, 9.17) is 0 Å². The Morgan fingerprint density at radius 2 is 2.06 bits per heavy atom. The second-order valence-electron chi connectivity index (χ2n) is 5.43. The molecule has 2 nitrogen and oxygen atoms in total. The predicted molar refractivity (Wildman–Crippen MR) is 70.8 cm³/mol. The average Bonchev–Trinajstić information content (AvgIpc) is 2.37. The molecule has 1 aliphatic heterocycles. The first-order chi connectivity index (χ1) is 8.59. The van der Waals surface area contributed by atoms with Crippen LogP contribution in [-0.4, -0.2) is 17.2 Å². The van der Waals surface area contributed by atoms with Gasteiger partial charge in [-0.15, -0.1) is 0 Å². The molecule has 0 saturated carbocycles. The molecule has 0 radical (unpaired) electrons. The van der Waals surface area contributed by atoms with Crippen LogP contribution in [0.3, 0.4) is 0 Å². The Morgan fingerprint density at radius 1 is 1.33 bits per heavy atom. The molecule has 1 fully saturated rings. The van der Waals surface area contributed by atoms with Gasteiger partial charge in [-0.2, -0.15) is 0 Å². The second kappa shape index (κ2) is 5.81. The van der Waals surface area contributed by atoms with E-state index in [-0.39, 0.29) is 17.8 Å². The zero-order chi connectivity index (χ0) is 13.1. The first-order valence-electron chi connectivity index (χ1n) is 6.78. The summed E-state index contributed by atoms with van der Waals surface area (Å²) in [5.74, 6) is -0.301. The summed E-state index contributed by atoms with van der Waals surface area (Å²) in [6.07, 6.45) is 2.66. The third-order valence-electron chi connectivity index (χ3n) is 4.01. The molecule has 2 N–H and O–H groups in total. The van der Waals surface area contributed by atoms with Crippen LogP contribution in [0.2, 0.25) is 0 Å². The minimum Gasteiger partial charge on any atom is -0.388 e. The highest BCUT2D eigenvalue weighted by molar-refractivity contribution is 5.20. The van der Waals surface area contributed by atoms with Crippen molar-refractivity contribution in [2.75, 3.05) is 0 Å². The molecular formula is C15H22FNO. The molecule has 0 amide bonds. The van der Waals surface area contributed by atoms with Crippen LogP contribution in [0.15, 0.2) is 24.3 Å². The summed E-state index contributed by atoms with van der Waals surface area (Å²) in [6.45, 7) is 4.15. The number of aliphatic hydroxyl groups excluding tert-OH is 1. The molecular weight excluding hydrogens is 229 g/mol. The van der Waals surface area contributed by atoms with Gasteiger partial charge in [0, 0.05) is 23.6 Å². The average molecular weight is 251 g/mol. The predicted octanol–water partition coefficient (Wildman–Crippen LogP) is 3.03. The number of hydrogen-bond donors (Lipinski definition) is 2. The van der Waals surface area contributed by atoms with Crippen molar-refractivity contribution in [3.8, 4) is 0 Å². The maximum Gasteiger partial charge on any atom is 0.129 e. The summed E-state index contributed by atoms with van der Waals surface area (Å²) in [4.78, 5) is 0. The highest BCUT2D eigenvalue weighted by Gasteiger charge is 2.29. The summed E-state index contributed by atoms with van der Waals surface area (Å²) in [5, 5.41) is 13.8. The standard InChI is InChI=1S/C15H22FNO/c1-10-6-5-9-14(17-10)11(2)15(18)12-7-3-4-8-13(12)16/h3-4,7-8,10-11,14-15,17-18H,5-6,9H2,1-2H3. The van der Waals surface area contributed by atoms with Gasteiger partial charge in [-0.1, -0.05) is 31.5 Å². The Hall–Kier alpha value is -0.930. The van der Waals surface area contributed by atoms with Gasteiger partial charge in [0.15, 0.2) is 0 Å². The molecule has 4 atom stereocenters. The summed E-state index contributed by atoms with van der Waals surface area (Å²) < 4.78 is 13.7. The van der Waals surface area contributed by atoms with Gasteiger partial charge in [-0.25, -0.2) is 4.39 Å². The fourth-order valence-corrected chi connectivity index (χ4v) is 2.81. The zero-order valence-electron chi connectivity index (χ0n) is 11.1. The Bertz CT molecular complexity index is 396. The van der Waals surface area contributed by atoms with Crippen LogP contribution in [0.25, 0.3) is 0 Å². The molecule has 1 saturated heterocycles. The quantitative estimate of drug-likeness (QED) is 0.865. The van der Waals surface area contributed by atoms with Crippen molar-refractivity contribution < 1.29 is 9.50 Å². The van der Waals surface area contributed by atoms with Crippen LogP contribution in [0.1, 0.15) is 44.8 Å². The van der Waals surface area contributed by atoms with Crippen molar-refractivity contribution in [2.45, 2.75) is 51.3 Å². The molecule has 0 bridgehead atoms. The molecule has 0 spiro atoms. The van der Waals surface area contributed by atoms with E-state index in [2.05, 4.69) is 12.2 Å². The van der Waals surface area contributed by atoms with E-state index in [9.17, 15) is 9.50 Å². The van der Waals surface area contributed by atoms with Crippen LogP contribution in [-0.2, 0) is 0 Å². The molecule has 1 heterocycles. The van der Waals surface area contributed by atoms with Crippen LogP contribution in [0.4, 0.5) is 4.39 Å². The molecule has 100 valence electrons. The molecule has 3 heteroatoms. The highest BCUT2D eigenvalue weighted by Crippen LogP contribution is 2.30. The van der Waals surface area contributed by atoms with Gasteiger partial charge in [0.05, 0.1) is 6.10 Å². The first kappa shape index (κ1) is 13.5. The largest absolute Gasteiger partial charge is 0.388 e. The lowest BCUT2D eigenvalue weighted by molar-refractivity contribution is 0.0781. The fourth-order valence-electron chi connectivity index (χ4n) is 2.81. The maximum atomic E-state index is 13.7. The lowest BCUT2D eigenvalue weighted by Gasteiger charge is -2.35. The number of benzene rings is 1. The maximum absolute atomic E-state index is 13.7. The van der Waals surface area contributed by atoms with E-state index >= 15 is 0 Å². The second-order valence-corrected chi connectivity index (χ2v) is 5.43. The van der Waals surface area contributed by atoms with Crippen molar-refractivity contribution in [3.05, 3.63) is 35.6 Å². The SMILES string of the molecule is CC1CCCC(C(C)C(O)c2ccccc2F)N1. The number of hydrogen-bond acceptors (Lipinski definition) is 2. The number of rotatable bonds is 3. The van der Waals surface area contributed by atoms with Gasteiger partial charge >= 0.3 is 0 Å². The van der Waals surface area contributed by atoms with Crippen LogP contribution >= 0.6 is 0 Å². The summed E-state index contributed by atoms with van der Waals surface area (Å²) in [5.41, 5.74) is 0.407. The van der Waals surface area contributed by atoms with Gasteiger partial charge < -0.3 is 10.4 Å². The number of aliphatic hydroxyl groups is 1. The molecule has 0 aliphatic carbocycles. The Kier molecular flexibility index (Phi) is 4.36. The van der Waals surface area contributed by atoms with E-state index in [0.29, 0.717) is 11.6 Å². The summed E-state index contributed by atoms with van der Waals surface area (Å²) in [6, 6.07) is 7.25. The number of halogens is 1. The topological polar surface area (TPSA) is 32.3 Å². The fraction of sp³-hybridized carbons (Fsp3) is 0.600. The molecule has 4 unspecified atom stereocenters. The molecule has 18 heavy (non-hydrogen) atoms. The Balaban J connectivity index is 2.08. The van der Waals surface area contributed by atoms with Crippen LogP contribution in [0.5, 0.6) is 0 Å². The minimum atomic E-state index is -0.742. The Labute approximate surface area is 108 Å². The lowest BCUT2D eigenvalue weighted by Crippen LogP contribution is -2.45. The number of piperidine rings is 1. The van der Waals surface area contributed by atoms with Gasteiger partial charge in [-0.3, -0.25) is 0 Å². The highest BCUT2D eigenvalue weighted by atomic mass is 19.1. The van der Waals surface area contributed by atoms with E-state index in [1.807, 2.05) is 6.92 Å². The van der Waals surface area contributed by atoms with Crippen molar-refractivity contribution in [1.82, 2.24) is 5.32 Å². The normalized spacial score (nSPS) is 27.8. The van der Waals surface area contributed by atoms with E-state index in [0.717, 1.165) is 6.42 Å². The lowest BCUT2D eigenvalue weighted by atomic mass is 9.85. The smallest absolute Gasteiger partial charge is 0.129 e. The van der Waals surface area contributed by atoms with Gasteiger partial charge in [0.1, 0.15) is 5.82 Å². The summed E-state index contributed by atoms with van der Waals surface area (Å²) in [7, 11) is 0. The third kappa shape index (κ3) is 2.90. The van der Waals surface area contributed by atoms with Crippen molar-refractivity contribution in [3.63, 3.8) is 0 Å². The van der Waals surface area contributed by atoms with Crippen molar-refractivity contribution >= 4 is 0 Å². The van der Waals surface area contributed by atoms with Crippen LogP contribution < -0.4 is 5.32 Å². The van der Waals surface area contributed by atoms with Gasteiger partial charge in [0.25, 0.3) is 0 Å². The first-order valence-corrected chi connectivity index (χ1v) is 6.78. The van der Waals surface area contributed by atoms with Crippen molar-refractivity contribution in [1.29, 1.82) is 0 Å². The Morgan fingerprint density at radius 3 is 2.72 bits per heavy atom. The zero-order valence-corrected chi connectivity index (χ0v) is 11.1. The van der Waals surface area contributed by atoms with Crippen LogP contribution in [0, 0.1) is 11.7 Å². The number of nitrogens with one attached hydrogen (secondary N) is 1. The van der Waals surface area contributed by atoms with E-state index in [1.54, 1.807) is 18.2 Å². The van der Waals surface area contributed by atoms with E-state index < -0.39 is 6.10 Å². The summed E-state index contributed by atoms with van der Waals surface area (Å²) >= 11 is 0. The molecule has 2 rings (SSSR count). The molecule has 0 aromatic heterocycles. The third-order valence-corrected chi connectivity index (χ3v) is 4.01. The molecule has 1 aromatic carbocycles. The monoisotopic (exact) mass is 251 g/mol. The molecule has 1 aromatic rings. The van der Waals surface area contributed by atoms with Crippen molar-refractivity contribution in [2.24, 2.45) is 5.92 Å². The molecule has 1 aliphatic rings. The van der Waals surface area contributed by atoms with Gasteiger partial charge in [-0.05, 0) is 25.8 Å². The minimum absolute atomic E-state index is 0.0182. The van der Waals surface area contributed by atoms with Gasteiger partial charge in [0.2, 0.25) is 0 Å². The van der Waals surface area contributed by atoms with E-state index in [1.165, 1.54) is 18.9 Å².